The Labute approximate surface area is 248 Å². The Balaban J connectivity index is 1.67. The molecular formula is C32H40N6O4. The van der Waals surface area contributed by atoms with Gasteiger partial charge in [-0.3, -0.25) is 4.79 Å². The molecular weight excluding hydrogens is 532 g/mol. The zero-order valence-electron chi connectivity index (χ0n) is 25.2. The molecule has 10 heteroatoms. The summed E-state index contributed by atoms with van der Waals surface area (Å²) in [5.41, 5.74) is 1.56. The normalized spacial score (nSPS) is 15.3. The van der Waals surface area contributed by atoms with Crippen molar-refractivity contribution in [2.45, 2.75) is 45.3 Å². The van der Waals surface area contributed by atoms with Crippen LogP contribution in [-0.4, -0.2) is 79.5 Å². The lowest BCUT2D eigenvalue weighted by Gasteiger charge is -2.39. The van der Waals surface area contributed by atoms with Crippen LogP contribution in [0.25, 0.3) is 0 Å². The SMILES string of the molecule is CN(C)C=Nc1nccc(N(C=O)C2CCCN(C(=O)OC(C)(C)C)C2)c1N(C)c1ccc(Oc2ccccc2)cc1. The number of rotatable bonds is 9. The number of anilines is 3. The molecule has 10 nitrogen and oxygen atoms in total. The molecule has 3 aromatic rings. The molecule has 0 radical (unpaired) electrons. The van der Waals surface area contributed by atoms with Crippen LogP contribution in [0, 0.1) is 0 Å². The van der Waals surface area contributed by atoms with Gasteiger partial charge in [-0.1, -0.05) is 18.2 Å². The van der Waals surface area contributed by atoms with Gasteiger partial charge in [0.15, 0.2) is 5.82 Å². The maximum absolute atomic E-state index is 12.9. The lowest BCUT2D eigenvalue weighted by molar-refractivity contribution is -0.108. The van der Waals surface area contributed by atoms with E-state index in [0.29, 0.717) is 36.0 Å². The third kappa shape index (κ3) is 7.78. The van der Waals surface area contributed by atoms with Gasteiger partial charge in [-0.15, -0.1) is 0 Å². The van der Waals surface area contributed by atoms with Crippen molar-refractivity contribution in [2.24, 2.45) is 4.99 Å². The first-order valence-electron chi connectivity index (χ1n) is 14.0. The smallest absolute Gasteiger partial charge is 0.410 e. The predicted octanol–water partition coefficient (Wildman–Crippen LogP) is 6.23. The van der Waals surface area contributed by atoms with E-state index in [-0.39, 0.29) is 12.1 Å². The number of benzene rings is 2. The molecule has 0 spiro atoms. The van der Waals surface area contributed by atoms with Crippen molar-refractivity contribution in [3.05, 3.63) is 66.9 Å². The van der Waals surface area contributed by atoms with Crippen LogP contribution >= 0.6 is 0 Å². The molecule has 0 aliphatic carbocycles. The van der Waals surface area contributed by atoms with Crippen molar-refractivity contribution in [2.75, 3.05) is 44.0 Å². The number of carbonyl (C=O) groups is 2. The van der Waals surface area contributed by atoms with E-state index in [2.05, 4.69) is 9.98 Å². The average molecular weight is 573 g/mol. The maximum atomic E-state index is 12.9. The highest BCUT2D eigenvalue weighted by molar-refractivity contribution is 5.92. The summed E-state index contributed by atoms with van der Waals surface area (Å²) in [7, 11) is 5.68. The van der Waals surface area contributed by atoms with E-state index in [0.717, 1.165) is 30.7 Å². The largest absolute Gasteiger partial charge is 0.457 e. The number of hydrogen-bond acceptors (Lipinski definition) is 7. The van der Waals surface area contributed by atoms with Crippen LogP contribution in [0.1, 0.15) is 33.6 Å². The number of piperidine rings is 1. The van der Waals surface area contributed by atoms with Gasteiger partial charge in [-0.2, -0.15) is 0 Å². The van der Waals surface area contributed by atoms with Crippen LogP contribution in [0.5, 0.6) is 11.5 Å². The van der Waals surface area contributed by atoms with Crippen LogP contribution in [0.4, 0.5) is 27.7 Å². The molecule has 4 rings (SSSR count). The minimum absolute atomic E-state index is 0.245. The number of aliphatic imine (C=N–C) groups is 1. The Kier molecular flexibility index (Phi) is 9.67. The second-order valence-electron chi connectivity index (χ2n) is 11.4. The van der Waals surface area contributed by atoms with E-state index in [1.54, 1.807) is 22.3 Å². The number of para-hydroxylation sites is 1. The zero-order chi connectivity index (χ0) is 30.3. The van der Waals surface area contributed by atoms with E-state index in [9.17, 15) is 9.59 Å². The number of ether oxygens (including phenoxy) is 2. The van der Waals surface area contributed by atoms with E-state index in [1.807, 2.05) is 112 Å². The Morgan fingerprint density at radius 3 is 2.36 bits per heavy atom. The van der Waals surface area contributed by atoms with Crippen molar-refractivity contribution < 1.29 is 19.1 Å². The fourth-order valence-corrected chi connectivity index (χ4v) is 4.73. The molecule has 2 amide bonds. The standard InChI is InChI=1S/C32H40N6O4/c1-32(2,3)42-31(40)37-20-10-11-25(21-37)38(23-39)28-18-19-33-30(34-22-35(4)5)29(28)36(6)24-14-16-27(17-15-24)41-26-12-8-7-9-13-26/h7-9,12-19,22-23,25H,10-11,20-21H2,1-6H3. The molecule has 1 aliphatic rings. The van der Waals surface area contributed by atoms with Gasteiger partial charge in [0.2, 0.25) is 6.41 Å². The van der Waals surface area contributed by atoms with Crippen LogP contribution in [-0.2, 0) is 9.53 Å². The second-order valence-corrected chi connectivity index (χ2v) is 11.4. The molecule has 1 fully saturated rings. The van der Waals surface area contributed by atoms with E-state index in [1.165, 1.54) is 0 Å². The Hall–Kier alpha value is -4.60. The van der Waals surface area contributed by atoms with Crippen LogP contribution in [0.3, 0.4) is 0 Å². The van der Waals surface area contributed by atoms with Gasteiger partial charge in [-0.05, 0) is 76.1 Å². The number of likely N-dealkylation sites (tertiary alicyclic amines) is 1. The summed E-state index contributed by atoms with van der Waals surface area (Å²) in [6, 6.07) is 18.9. The van der Waals surface area contributed by atoms with Gasteiger partial charge in [0.05, 0.1) is 18.1 Å². The summed E-state index contributed by atoms with van der Waals surface area (Å²) in [5.74, 6) is 1.91. The summed E-state index contributed by atoms with van der Waals surface area (Å²) < 4.78 is 11.6. The summed E-state index contributed by atoms with van der Waals surface area (Å²) >= 11 is 0. The number of amides is 2. The molecule has 2 aromatic carbocycles. The molecule has 222 valence electrons. The molecule has 0 N–H and O–H groups in total. The van der Waals surface area contributed by atoms with Crippen LogP contribution in [0.2, 0.25) is 0 Å². The highest BCUT2D eigenvalue weighted by Gasteiger charge is 2.32. The van der Waals surface area contributed by atoms with Gasteiger partial charge in [0, 0.05) is 46.1 Å². The lowest BCUT2D eigenvalue weighted by atomic mass is 10.0. The predicted molar refractivity (Wildman–Crippen MR) is 166 cm³/mol. The summed E-state index contributed by atoms with van der Waals surface area (Å²) in [6.07, 6.45) is 5.27. The number of carbonyl (C=O) groups excluding carboxylic acids is 2. The molecule has 1 unspecified atom stereocenters. The number of hydrogen-bond donors (Lipinski definition) is 0. The van der Waals surface area contributed by atoms with Crippen molar-refractivity contribution in [1.82, 2.24) is 14.8 Å². The van der Waals surface area contributed by atoms with E-state index >= 15 is 0 Å². The topological polar surface area (TPSA) is 90.8 Å². The third-order valence-electron chi connectivity index (χ3n) is 6.67. The van der Waals surface area contributed by atoms with Gasteiger partial charge < -0.3 is 29.1 Å². The van der Waals surface area contributed by atoms with Crippen molar-refractivity contribution in [1.29, 1.82) is 0 Å². The quantitative estimate of drug-likeness (QED) is 0.171. The summed E-state index contributed by atoms with van der Waals surface area (Å²) in [6.45, 7) is 6.48. The molecule has 1 atom stereocenters. The first kappa shape index (κ1) is 30.4. The van der Waals surface area contributed by atoms with Crippen molar-refractivity contribution in [3.8, 4) is 11.5 Å². The molecule has 1 saturated heterocycles. The monoisotopic (exact) mass is 572 g/mol. The highest BCUT2D eigenvalue weighted by atomic mass is 16.6. The van der Waals surface area contributed by atoms with E-state index < -0.39 is 5.60 Å². The maximum Gasteiger partial charge on any atom is 0.410 e. The third-order valence-corrected chi connectivity index (χ3v) is 6.67. The van der Waals surface area contributed by atoms with Gasteiger partial charge in [0.25, 0.3) is 0 Å². The number of aromatic nitrogens is 1. The minimum atomic E-state index is -0.601. The van der Waals surface area contributed by atoms with Crippen molar-refractivity contribution >= 4 is 41.7 Å². The molecule has 1 aromatic heterocycles. The van der Waals surface area contributed by atoms with Gasteiger partial charge in [0.1, 0.15) is 22.8 Å². The highest BCUT2D eigenvalue weighted by Crippen LogP contribution is 2.41. The molecule has 1 aliphatic heterocycles. The summed E-state index contributed by atoms with van der Waals surface area (Å²) in [5, 5.41) is 0. The van der Waals surface area contributed by atoms with Gasteiger partial charge >= 0.3 is 6.09 Å². The molecule has 0 bridgehead atoms. The average Bonchev–Trinajstić information content (AvgIpc) is 2.96. The minimum Gasteiger partial charge on any atom is -0.457 e. The zero-order valence-corrected chi connectivity index (χ0v) is 25.2. The number of nitrogens with zero attached hydrogens (tertiary/aromatic N) is 6. The Morgan fingerprint density at radius 1 is 1.02 bits per heavy atom. The summed E-state index contributed by atoms with van der Waals surface area (Å²) in [4.78, 5) is 41.9. The van der Waals surface area contributed by atoms with Crippen LogP contribution in [0.15, 0.2) is 71.9 Å². The first-order valence-corrected chi connectivity index (χ1v) is 14.0. The fourth-order valence-electron chi connectivity index (χ4n) is 4.73. The fraction of sp³-hybridized carbons (Fsp3) is 0.375. The van der Waals surface area contributed by atoms with Crippen LogP contribution < -0.4 is 14.5 Å². The second kappa shape index (κ2) is 13.4. The van der Waals surface area contributed by atoms with Crippen molar-refractivity contribution in [3.63, 3.8) is 0 Å². The molecule has 42 heavy (non-hydrogen) atoms. The Morgan fingerprint density at radius 2 is 1.71 bits per heavy atom. The van der Waals surface area contributed by atoms with E-state index in [4.69, 9.17) is 9.47 Å². The first-order chi connectivity index (χ1) is 20.1. The van der Waals surface area contributed by atoms with Gasteiger partial charge in [-0.25, -0.2) is 14.8 Å². The molecule has 0 saturated carbocycles. The molecule has 2 heterocycles. The Bertz CT molecular complexity index is 1370. The lowest BCUT2D eigenvalue weighted by Crippen LogP contribution is -2.51. The number of pyridine rings is 1.